The van der Waals surface area contributed by atoms with E-state index in [0.29, 0.717) is 5.56 Å². The van der Waals surface area contributed by atoms with Crippen LogP contribution in [0.3, 0.4) is 0 Å². The number of methoxy groups -OCH3 is 2. The van der Waals surface area contributed by atoms with Crippen LogP contribution in [0.1, 0.15) is 30.5 Å². The summed E-state index contributed by atoms with van der Waals surface area (Å²) in [6, 6.07) is 11.8. The molecule has 0 aliphatic rings. The lowest BCUT2D eigenvalue weighted by Gasteiger charge is -2.16. The van der Waals surface area contributed by atoms with Gasteiger partial charge in [-0.1, -0.05) is 25.1 Å². The van der Waals surface area contributed by atoms with Gasteiger partial charge in [-0.3, -0.25) is 4.79 Å². The first kappa shape index (κ1) is 21.2. The molecular formula is C21H23F2NO4. The number of halogens is 2. The molecule has 150 valence electrons. The number of rotatable bonds is 9. The number of alkyl halides is 2. The van der Waals surface area contributed by atoms with Crippen LogP contribution in [0.15, 0.2) is 48.5 Å². The zero-order valence-electron chi connectivity index (χ0n) is 15.9. The quantitative estimate of drug-likeness (QED) is 0.636. The lowest BCUT2D eigenvalue weighted by molar-refractivity contribution is -0.117. The first-order valence-corrected chi connectivity index (χ1v) is 8.72. The number of carbonyl (C=O) groups excluding carboxylic acids is 1. The summed E-state index contributed by atoms with van der Waals surface area (Å²) in [5.74, 6) is 0.574. The predicted molar refractivity (Wildman–Crippen MR) is 103 cm³/mol. The van der Waals surface area contributed by atoms with Crippen molar-refractivity contribution in [2.75, 3.05) is 14.2 Å². The van der Waals surface area contributed by atoms with Crippen LogP contribution >= 0.6 is 0 Å². The minimum absolute atomic E-state index is 0.0651. The molecule has 1 amide bonds. The van der Waals surface area contributed by atoms with E-state index in [1.165, 1.54) is 25.3 Å². The third-order valence-corrected chi connectivity index (χ3v) is 4.07. The zero-order valence-corrected chi connectivity index (χ0v) is 15.9. The van der Waals surface area contributed by atoms with Crippen LogP contribution in [0.5, 0.6) is 17.2 Å². The molecular weight excluding hydrogens is 368 g/mol. The van der Waals surface area contributed by atoms with Crippen molar-refractivity contribution in [3.63, 3.8) is 0 Å². The van der Waals surface area contributed by atoms with Gasteiger partial charge in [-0.25, -0.2) is 0 Å². The average molecular weight is 391 g/mol. The molecule has 0 fully saturated rings. The van der Waals surface area contributed by atoms with Gasteiger partial charge >= 0.3 is 6.61 Å². The van der Waals surface area contributed by atoms with E-state index in [1.807, 2.05) is 31.2 Å². The summed E-state index contributed by atoms with van der Waals surface area (Å²) in [7, 11) is 2.95. The summed E-state index contributed by atoms with van der Waals surface area (Å²) in [5.41, 5.74) is 1.59. The maximum absolute atomic E-state index is 12.4. The molecule has 2 aromatic carbocycles. The van der Waals surface area contributed by atoms with Crippen molar-refractivity contribution >= 4 is 12.0 Å². The fraction of sp³-hybridized carbons (Fsp3) is 0.286. The van der Waals surface area contributed by atoms with Gasteiger partial charge in [0.25, 0.3) is 0 Å². The second kappa shape index (κ2) is 10.3. The molecule has 5 nitrogen and oxygen atoms in total. The predicted octanol–water partition coefficient (Wildman–Crippen LogP) is 4.59. The maximum Gasteiger partial charge on any atom is 0.387 e. The van der Waals surface area contributed by atoms with Crippen molar-refractivity contribution in [1.82, 2.24) is 5.32 Å². The molecule has 2 aromatic rings. The van der Waals surface area contributed by atoms with Crippen LogP contribution in [-0.4, -0.2) is 26.7 Å². The van der Waals surface area contributed by atoms with Crippen LogP contribution in [-0.2, 0) is 4.79 Å². The third-order valence-electron chi connectivity index (χ3n) is 4.07. The van der Waals surface area contributed by atoms with E-state index >= 15 is 0 Å². The highest BCUT2D eigenvalue weighted by Crippen LogP contribution is 2.30. The van der Waals surface area contributed by atoms with Gasteiger partial charge in [0.2, 0.25) is 5.91 Å². The second-order valence-corrected chi connectivity index (χ2v) is 5.86. The number of amides is 1. The van der Waals surface area contributed by atoms with E-state index in [0.717, 1.165) is 17.7 Å². The van der Waals surface area contributed by atoms with Crippen LogP contribution < -0.4 is 19.5 Å². The van der Waals surface area contributed by atoms with Crippen molar-refractivity contribution in [2.24, 2.45) is 0 Å². The van der Waals surface area contributed by atoms with Crippen LogP contribution in [0.4, 0.5) is 8.78 Å². The van der Waals surface area contributed by atoms with Gasteiger partial charge < -0.3 is 19.5 Å². The number of nitrogens with one attached hydrogen (secondary N) is 1. The summed E-state index contributed by atoms with van der Waals surface area (Å²) >= 11 is 0. The molecule has 0 saturated carbocycles. The first-order chi connectivity index (χ1) is 13.5. The summed E-state index contributed by atoms with van der Waals surface area (Å²) in [5, 5.41) is 2.94. The average Bonchev–Trinajstić information content (AvgIpc) is 2.71. The van der Waals surface area contributed by atoms with Crippen LogP contribution in [0.25, 0.3) is 6.08 Å². The minimum atomic E-state index is -2.94. The Kier molecular flexibility index (Phi) is 7.80. The number of hydrogen-bond donors (Lipinski definition) is 1. The molecule has 28 heavy (non-hydrogen) atoms. The van der Waals surface area contributed by atoms with Gasteiger partial charge in [0.05, 0.1) is 20.3 Å². The van der Waals surface area contributed by atoms with E-state index < -0.39 is 6.61 Å². The molecule has 0 aliphatic heterocycles. The Morgan fingerprint density at radius 1 is 1.07 bits per heavy atom. The Bertz CT molecular complexity index is 807. The van der Waals surface area contributed by atoms with E-state index in [-0.39, 0.29) is 23.4 Å². The normalized spacial score (nSPS) is 12.1. The number of carbonyl (C=O) groups is 1. The fourth-order valence-corrected chi connectivity index (χ4v) is 2.63. The maximum atomic E-state index is 12.4. The third kappa shape index (κ3) is 5.97. The van der Waals surface area contributed by atoms with Crippen molar-refractivity contribution < 1.29 is 27.8 Å². The van der Waals surface area contributed by atoms with Crippen LogP contribution in [0, 0.1) is 0 Å². The van der Waals surface area contributed by atoms with E-state index in [4.69, 9.17) is 9.47 Å². The lowest BCUT2D eigenvalue weighted by atomic mass is 10.0. The van der Waals surface area contributed by atoms with E-state index in [1.54, 1.807) is 19.3 Å². The van der Waals surface area contributed by atoms with Gasteiger partial charge in [0.1, 0.15) is 5.75 Å². The fourth-order valence-electron chi connectivity index (χ4n) is 2.63. The molecule has 1 atom stereocenters. The highest BCUT2D eigenvalue weighted by molar-refractivity contribution is 5.92. The Morgan fingerprint density at radius 3 is 2.36 bits per heavy atom. The topological polar surface area (TPSA) is 56.8 Å². The van der Waals surface area contributed by atoms with Gasteiger partial charge in [-0.05, 0) is 47.9 Å². The van der Waals surface area contributed by atoms with Gasteiger partial charge in [0.15, 0.2) is 11.5 Å². The first-order valence-electron chi connectivity index (χ1n) is 8.72. The smallest absolute Gasteiger partial charge is 0.387 e. The molecule has 2 rings (SSSR count). The molecule has 1 N–H and O–H groups in total. The number of benzene rings is 2. The number of ether oxygens (including phenoxy) is 3. The number of hydrogen-bond acceptors (Lipinski definition) is 4. The Morgan fingerprint density at radius 2 is 1.79 bits per heavy atom. The summed E-state index contributed by atoms with van der Waals surface area (Å²) in [6.45, 7) is -0.962. The van der Waals surface area contributed by atoms with Gasteiger partial charge in [0, 0.05) is 6.08 Å². The molecule has 0 heterocycles. The largest absolute Gasteiger partial charge is 0.497 e. The molecule has 1 unspecified atom stereocenters. The Labute approximate surface area is 162 Å². The SMILES string of the molecule is CCC(NC(=O)/C=C/c1ccc(OC(F)F)c(OC)c1)c1ccc(OC)cc1. The molecule has 7 heteroatoms. The Balaban J connectivity index is 2.05. The van der Waals surface area contributed by atoms with Crippen molar-refractivity contribution in [3.05, 3.63) is 59.7 Å². The van der Waals surface area contributed by atoms with Crippen molar-refractivity contribution in [3.8, 4) is 17.2 Å². The van der Waals surface area contributed by atoms with Gasteiger partial charge in [-0.15, -0.1) is 0 Å². The molecule has 0 bridgehead atoms. The molecule has 0 spiro atoms. The second-order valence-electron chi connectivity index (χ2n) is 5.86. The summed E-state index contributed by atoms with van der Waals surface area (Å²) < 4.78 is 39.3. The standard InChI is InChI=1S/C21H23F2NO4/c1-4-17(15-7-9-16(26-2)10-8-15)24-20(25)12-6-14-5-11-18(28-21(22)23)19(13-14)27-3/h5-13,17,21H,4H2,1-3H3,(H,24,25)/b12-6+. The highest BCUT2D eigenvalue weighted by atomic mass is 19.3. The van der Waals surface area contributed by atoms with Crippen molar-refractivity contribution in [2.45, 2.75) is 26.0 Å². The van der Waals surface area contributed by atoms with E-state index in [2.05, 4.69) is 10.1 Å². The van der Waals surface area contributed by atoms with Gasteiger partial charge in [-0.2, -0.15) is 8.78 Å². The molecule has 0 saturated heterocycles. The lowest BCUT2D eigenvalue weighted by Crippen LogP contribution is -2.26. The minimum Gasteiger partial charge on any atom is -0.497 e. The summed E-state index contributed by atoms with van der Waals surface area (Å²) in [6.07, 6.45) is 3.68. The zero-order chi connectivity index (χ0) is 20.5. The van der Waals surface area contributed by atoms with E-state index in [9.17, 15) is 13.6 Å². The van der Waals surface area contributed by atoms with Crippen molar-refractivity contribution in [1.29, 1.82) is 0 Å². The molecule has 0 aromatic heterocycles. The highest BCUT2D eigenvalue weighted by Gasteiger charge is 2.12. The van der Waals surface area contributed by atoms with Crippen LogP contribution in [0.2, 0.25) is 0 Å². The monoisotopic (exact) mass is 391 g/mol. The Hall–Kier alpha value is -3.09. The molecule has 0 aliphatic carbocycles. The summed E-state index contributed by atoms with van der Waals surface area (Å²) in [4.78, 5) is 12.3. The molecule has 0 radical (unpaired) electrons.